The molecule has 10 heteroatoms. The molecule has 1 N–H and O–H groups in total. The summed E-state index contributed by atoms with van der Waals surface area (Å²) >= 11 is 6.16. The van der Waals surface area contributed by atoms with Crippen molar-refractivity contribution in [2.45, 2.75) is 43.0 Å². The van der Waals surface area contributed by atoms with Gasteiger partial charge in [0.2, 0.25) is 0 Å². The van der Waals surface area contributed by atoms with Crippen molar-refractivity contribution in [3.05, 3.63) is 47.5 Å². The molecule has 0 amide bonds. The number of aliphatic hydroxyl groups is 1. The fourth-order valence-corrected chi connectivity index (χ4v) is 5.28. The van der Waals surface area contributed by atoms with Gasteiger partial charge >= 0.3 is 0 Å². The van der Waals surface area contributed by atoms with Crippen LogP contribution >= 0.6 is 11.6 Å². The Morgan fingerprint density at radius 1 is 1.27 bits per heavy atom. The van der Waals surface area contributed by atoms with Crippen LogP contribution in [0, 0.1) is 0 Å². The van der Waals surface area contributed by atoms with Crippen molar-refractivity contribution in [1.82, 2.24) is 24.3 Å². The standard InChI is InChI=1S/C20H20ClN5O3S/c1-20(27)8-13(9-20)26-16-4-3-12(21)7-15(16)23-18(26)11-25-17-10-22-6-5-14(17)19(24-25)30(2,28)29/h3-7,10,13,27H,8-9,11H2,1-2H3. The van der Waals surface area contributed by atoms with Gasteiger partial charge in [-0.3, -0.25) is 9.67 Å². The molecule has 1 aliphatic carbocycles. The number of halogens is 1. The molecule has 30 heavy (non-hydrogen) atoms. The summed E-state index contributed by atoms with van der Waals surface area (Å²) in [5, 5.41) is 15.8. The number of hydrogen-bond donors (Lipinski definition) is 1. The van der Waals surface area contributed by atoms with Crippen LogP contribution in [0.2, 0.25) is 5.02 Å². The van der Waals surface area contributed by atoms with Crippen LogP contribution in [0.3, 0.4) is 0 Å². The Labute approximate surface area is 178 Å². The molecule has 5 rings (SSSR count). The Bertz CT molecular complexity index is 1400. The maximum Gasteiger partial charge on any atom is 0.195 e. The molecule has 0 atom stereocenters. The number of pyridine rings is 1. The van der Waals surface area contributed by atoms with Gasteiger partial charge in [0.1, 0.15) is 5.82 Å². The number of aromatic nitrogens is 5. The van der Waals surface area contributed by atoms with Crippen LogP contribution < -0.4 is 0 Å². The Kier molecular flexibility index (Phi) is 4.22. The van der Waals surface area contributed by atoms with Crippen molar-refractivity contribution < 1.29 is 13.5 Å². The molecule has 3 heterocycles. The molecule has 0 radical (unpaired) electrons. The quantitative estimate of drug-likeness (QED) is 0.518. The summed E-state index contributed by atoms with van der Waals surface area (Å²) in [6.07, 6.45) is 5.53. The van der Waals surface area contributed by atoms with Crippen molar-refractivity contribution in [2.24, 2.45) is 0 Å². The van der Waals surface area contributed by atoms with Crippen molar-refractivity contribution in [2.75, 3.05) is 6.26 Å². The number of nitrogens with zero attached hydrogens (tertiary/aromatic N) is 5. The highest BCUT2D eigenvalue weighted by atomic mass is 35.5. The van der Waals surface area contributed by atoms with E-state index in [0.29, 0.717) is 28.8 Å². The Morgan fingerprint density at radius 2 is 2.03 bits per heavy atom. The third kappa shape index (κ3) is 3.17. The van der Waals surface area contributed by atoms with Crippen molar-refractivity contribution in [3.63, 3.8) is 0 Å². The molecule has 1 saturated carbocycles. The fourth-order valence-electron chi connectivity index (χ4n) is 4.30. The number of hydrogen-bond acceptors (Lipinski definition) is 6. The van der Waals surface area contributed by atoms with E-state index < -0.39 is 15.4 Å². The molecule has 0 spiro atoms. The minimum atomic E-state index is -3.50. The van der Waals surface area contributed by atoms with Crippen LogP contribution in [0.1, 0.15) is 31.6 Å². The highest BCUT2D eigenvalue weighted by molar-refractivity contribution is 7.90. The van der Waals surface area contributed by atoms with Gasteiger partial charge in [-0.1, -0.05) is 11.6 Å². The number of imidazole rings is 1. The lowest BCUT2D eigenvalue weighted by molar-refractivity contribution is -0.0505. The molecule has 156 valence electrons. The van der Waals surface area contributed by atoms with Gasteiger partial charge in [-0.25, -0.2) is 13.4 Å². The zero-order valence-corrected chi connectivity index (χ0v) is 18.0. The SMILES string of the molecule is CC1(O)CC(n2c(Cn3nc(S(C)(=O)=O)c4ccncc43)nc3cc(Cl)ccc32)C1. The Hall–Kier alpha value is -2.49. The Morgan fingerprint density at radius 3 is 2.73 bits per heavy atom. The lowest BCUT2D eigenvalue weighted by Crippen LogP contribution is -2.42. The molecule has 0 bridgehead atoms. The van der Waals surface area contributed by atoms with E-state index in [1.807, 2.05) is 19.1 Å². The van der Waals surface area contributed by atoms with Gasteiger partial charge in [-0.05, 0) is 44.0 Å². The van der Waals surface area contributed by atoms with Gasteiger partial charge in [0.25, 0.3) is 0 Å². The molecule has 3 aromatic heterocycles. The lowest BCUT2D eigenvalue weighted by Gasteiger charge is -2.42. The first-order valence-electron chi connectivity index (χ1n) is 9.52. The van der Waals surface area contributed by atoms with E-state index >= 15 is 0 Å². The maximum atomic E-state index is 12.2. The van der Waals surface area contributed by atoms with Crippen LogP contribution in [-0.2, 0) is 16.4 Å². The second kappa shape index (κ2) is 6.50. The minimum Gasteiger partial charge on any atom is -0.390 e. The number of sulfone groups is 1. The van der Waals surface area contributed by atoms with E-state index in [1.54, 1.807) is 29.2 Å². The van der Waals surface area contributed by atoms with Gasteiger partial charge in [-0.15, -0.1) is 0 Å². The highest BCUT2D eigenvalue weighted by Gasteiger charge is 2.41. The zero-order chi connectivity index (χ0) is 21.3. The van der Waals surface area contributed by atoms with Crippen molar-refractivity contribution in [3.8, 4) is 0 Å². The van der Waals surface area contributed by atoms with Crippen LogP contribution in [0.15, 0.2) is 41.7 Å². The minimum absolute atomic E-state index is 0.0252. The molecule has 0 aliphatic heterocycles. The molecule has 8 nitrogen and oxygen atoms in total. The summed E-state index contributed by atoms with van der Waals surface area (Å²) in [6, 6.07) is 7.29. The summed E-state index contributed by atoms with van der Waals surface area (Å²) in [7, 11) is -3.50. The first-order chi connectivity index (χ1) is 14.1. The molecular weight excluding hydrogens is 426 g/mol. The largest absolute Gasteiger partial charge is 0.390 e. The van der Waals surface area contributed by atoms with E-state index in [2.05, 4.69) is 14.6 Å². The predicted molar refractivity (Wildman–Crippen MR) is 113 cm³/mol. The molecular formula is C20H20ClN5O3S. The average Bonchev–Trinajstić information content (AvgIpc) is 3.17. The predicted octanol–water partition coefficient (Wildman–Crippen LogP) is 2.97. The molecule has 4 aromatic rings. The van der Waals surface area contributed by atoms with Crippen molar-refractivity contribution in [1.29, 1.82) is 0 Å². The lowest BCUT2D eigenvalue weighted by atomic mass is 9.77. The zero-order valence-electron chi connectivity index (χ0n) is 16.4. The van der Waals surface area contributed by atoms with E-state index in [0.717, 1.165) is 23.1 Å². The molecule has 0 saturated heterocycles. The van der Waals surface area contributed by atoms with Gasteiger partial charge in [0.05, 0.1) is 34.9 Å². The molecule has 1 aliphatic rings. The van der Waals surface area contributed by atoms with E-state index in [9.17, 15) is 13.5 Å². The summed E-state index contributed by atoms with van der Waals surface area (Å²) in [5.41, 5.74) is 1.60. The fraction of sp³-hybridized carbons (Fsp3) is 0.350. The van der Waals surface area contributed by atoms with E-state index in [4.69, 9.17) is 16.6 Å². The van der Waals surface area contributed by atoms with Gasteiger partial charge < -0.3 is 9.67 Å². The third-order valence-electron chi connectivity index (χ3n) is 5.60. The van der Waals surface area contributed by atoms with E-state index in [-0.39, 0.29) is 17.6 Å². The molecule has 1 fully saturated rings. The van der Waals surface area contributed by atoms with Gasteiger partial charge in [0.15, 0.2) is 14.9 Å². The second-order valence-electron chi connectivity index (χ2n) is 8.22. The first-order valence-corrected chi connectivity index (χ1v) is 11.8. The van der Waals surface area contributed by atoms with Crippen LogP contribution in [-0.4, -0.2) is 49.7 Å². The first kappa shape index (κ1) is 19.5. The average molecular weight is 446 g/mol. The maximum absolute atomic E-state index is 12.2. The normalized spacial score (nSPS) is 21.9. The summed E-state index contributed by atoms with van der Waals surface area (Å²) in [5.74, 6) is 0.723. The monoisotopic (exact) mass is 445 g/mol. The van der Waals surface area contributed by atoms with E-state index in [1.165, 1.54) is 0 Å². The summed E-state index contributed by atoms with van der Waals surface area (Å²) < 4.78 is 28.2. The number of rotatable bonds is 4. The van der Waals surface area contributed by atoms with Gasteiger partial charge in [-0.2, -0.15) is 5.10 Å². The number of fused-ring (bicyclic) bond motifs is 2. The highest BCUT2D eigenvalue weighted by Crippen LogP contribution is 2.43. The second-order valence-corrected chi connectivity index (χ2v) is 10.6. The summed E-state index contributed by atoms with van der Waals surface area (Å²) in [4.78, 5) is 8.90. The topological polar surface area (TPSA) is 103 Å². The van der Waals surface area contributed by atoms with Crippen LogP contribution in [0.5, 0.6) is 0 Å². The summed E-state index contributed by atoms with van der Waals surface area (Å²) in [6.45, 7) is 2.09. The van der Waals surface area contributed by atoms with Crippen LogP contribution in [0.25, 0.3) is 21.9 Å². The smallest absolute Gasteiger partial charge is 0.195 e. The van der Waals surface area contributed by atoms with Crippen LogP contribution in [0.4, 0.5) is 0 Å². The third-order valence-corrected chi connectivity index (χ3v) is 6.84. The van der Waals surface area contributed by atoms with Gasteiger partial charge in [0, 0.05) is 28.9 Å². The molecule has 0 unspecified atom stereocenters. The molecule has 1 aromatic carbocycles. The van der Waals surface area contributed by atoms with Crippen molar-refractivity contribution >= 4 is 43.4 Å². The Balaban J connectivity index is 1.66. The number of benzene rings is 1.